The van der Waals surface area contributed by atoms with E-state index in [1.165, 1.54) is 16.9 Å². The van der Waals surface area contributed by atoms with Crippen molar-refractivity contribution in [2.75, 3.05) is 6.54 Å². The third kappa shape index (κ3) is 4.43. The SMILES string of the molecule is Cc1c(C(=O)NCC(CC(C)C)C(=O)O)cnn1-c1ccccc1F. The number of rotatable bonds is 7. The van der Waals surface area contributed by atoms with Crippen LogP contribution >= 0.6 is 0 Å². The molecule has 0 spiro atoms. The van der Waals surface area contributed by atoms with E-state index in [1.54, 1.807) is 25.1 Å². The summed E-state index contributed by atoms with van der Waals surface area (Å²) in [6.45, 7) is 5.56. The van der Waals surface area contributed by atoms with Gasteiger partial charge in [-0.3, -0.25) is 9.59 Å². The number of carboxylic acid groups (broad SMARTS) is 1. The number of hydrogen-bond acceptors (Lipinski definition) is 3. The molecule has 1 amide bonds. The molecule has 1 atom stereocenters. The summed E-state index contributed by atoms with van der Waals surface area (Å²) in [7, 11) is 0. The number of aromatic nitrogens is 2. The maximum absolute atomic E-state index is 13.9. The molecule has 0 radical (unpaired) electrons. The van der Waals surface area contributed by atoms with E-state index in [4.69, 9.17) is 0 Å². The normalized spacial score (nSPS) is 12.2. The Morgan fingerprint density at radius 1 is 1.32 bits per heavy atom. The molecule has 0 aliphatic carbocycles. The highest BCUT2D eigenvalue weighted by atomic mass is 19.1. The van der Waals surface area contributed by atoms with E-state index in [2.05, 4.69) is 10.4 Å². The summed E-state index contributed by atoms with van der Waals surface area (Å²) >= 11 is 0. The van der Waals surface area contributed by atoms with Crippen molar-refractivity contribution in [3.05, 3.63) is 47.5 Å². The van der Waals surface area contributed by atoms with Crippen molar-refractivity contribution < 1.29 is 19.1 Å². The van der Waals surface area contributed by atoms with Crippen LogP contribution in [0.4, 0.5) is 4.39 Å². The van der Waals surface area contributed by atoms with Gasteiger partial charge >= 0.3 is 5.97 Å². The van der Waals surface area contributed by atoms with Gasteiger partial charge in [0, 0.05) is 6.54 Å². The van der Waals surface area contributed by atoms with Crippen LogP contribution in [0.1, 0.15) is 36.3 Å². The summed E-state index contributed by atoms with van der Waals surface area (Å²) < 4.78 is 15.3. The predicted molar refractivity (Wildman–Crippen MR) is 91.2 cm³/mol. The van der Waals surface area contributed by atoms with Crippen LogP contribution in [0.5, 0.6) is 0 Å². The van der Waals surface area contributed by atoms with Gasteiger partial charge in [-0.05, 0) is 31.4 Å². The van der Waals surface area contributed by atoms with Crippen LogP contribution in [-0.4, -0.2) is 33.3 Å². The number of amides is 1. The highest BCUT2D eigenvalue weighted by Gasteiger charge is 2.22. The summed E-state index contributed by atoms with van der Waals surface area (Å²) in [4.78, 5) is 23.6. The fraction of sp³-hybridized carbons (Fsp3) is 0.389. The molecule has 0 aliphatic rings. The number of carboxylic acids is 1. The van der Waals surface area contributed by atoms with Crippen LogP contribution in [0.3, 0.4) is 0 Å². The molecule has 6 nitrogen and oxygen atoms in total. The number of nitrogens with zero attached hydrogens (tertiary/aromatic N) is 2. The van der Waals surface area contributed by atoms with Crippen LogP contribution < -0.4 is 5.32 Å². The molecule has 2 N–H and O–H groups in total. The fourth-order valence-electron chi connectivity index (χ4n) is 2.65. The number of para-hydroxylation sites is 1. The minimum absolute atomic E-state index is 0.0384. The lowest BCUT2D eigenvalue weighted by atomic mass is 9.97. The van der Waals surface area contributed by atoms with Crippen molar-refractivity contribution in [2.45, 2.75) is 27.2 Å². The maximum Gasteiger partial charge on any atom is 0.308 e. The Kier molecular flexibility index (Phi) is 5.90. The molecule has 25 heavy (non-hydrogen) atoms. The largest absolute Gasteiger partial charge is 0.481 e. The van der Waals surface area contributed by atoms with Gasteiger partial charge in [0.2, 0.25) is 0 Å². The number of benzene rings is 1. The van der Waals surface area contributed by atoms with Crippen molar-refractivity contribution in [2.24, 2.45) is 11.8 Å². The number of nitrogens with one attached hydrogen (secondary N) is 1. The zero-order valence-corrected chi connectivity index (χ0v) is 14.5. The second kappa shape index (κ2) is 7.92. The van der Waals surface area contributed by atoms with Gasteiger partial charge in [-0.2, -0.15) is 5.10 Å². The Balaban J connectivity index is 2.13. The van der Waals surface area contributed by atoms with Crippen LogP contribution in [0, 0.1) is 24.6 Å². The Bertz CT molecular complexity index is 771. The summed E-state index contributed by atoms with van der Waals surface area (Å²) in [5, 5.41) is 16.0. The molecule has 134 valence electrons. The Labute approximate surface area is 145 Å². The van der Waals surface area contributed by atoms with Gasteiger partial charge in [-0.15, -0.1) is 0 Å². The van der Waals surface area contributed by atoms with E-state index in [1.807, 2.05) is 13.8 Å². The first-order valence-corrected chi connectivity index (χ1v) is 8.11. The summed E-state index contributed by atoms with van der Waals surface area (Å²) in [6, 6.07) is 6.15. The predicted octanol–water partition coefficient (Wildman–Crippen LogP) is 2.80. The van der Waals surface area contributed by atoms with Gasteiger partial charge in [-0.1, -0.05) is 26.0 Å². The molecule has 1 unspecified atom stereocenters. The molecule has 2 aromatic rings. The first kappa shape index (κ1) is 18.6. The average Bonchev–Trinajstić information content (AvgIpc) is 2.92. The average molecular weight is 347 g/mol. The lowest BCUT2D eigenvalue weighted by Crippen LogP contribution is -2.33. The third-order valence-electron chi connectivity index (χ3n) is 3.95. The van der Waals surface area contributed by atoms with Crippen molar-refractivity contribution in [1.29, 1.82) is 0 Å². The number of carbonyl (C=O) groups is 2. The topological polar surface area (TPSA) is 84.2 Å². The van der Waals surface area contributed by atoms with E-state index < -0.39 is 23.6 Å². The van der Waals surface area contributed by atoms with Crippen molar-refractivity contribution >= 4 is 11.9 Å². The number of carbonyl (C=O) groups excluding carboxylic acids is 1. The minimum atomic E-state index is -0.937. The summed E-state index contributed by atoms with van der Waals surface area (Å²) in [5.74, 6) is -2.24. The van der Waals surface area contributed by atoms with Gasteiger partial charge in [0.15, 0.2) is 0 Å². The van der Waals surface area contributed by atoms with E-state index in [-0.39, 0.29) is 23.7 Å². The first-order valence-electron chi connectivity index (χ1n) is 8.11. The molecule has 1 aromatic carbocycles. The minimum Gasteiger partial charge on any atom is -0.481 e. The lowest BCUT2D eigenvalue weighted by Gasteiger charge is -2.15. The van der Waals surface area contributed by atoms with Crippen LogP contribution in [0.15, 0.2) is 30.5 Å². The lowest BCUT2D eigenvalue weighted by molar-refractivity contribution is -0.142. The monoisotopic (exact) mass is 347 g/mol. The Hall–Kier alpha value is -2.70. The van der Waals surface area contributed by atoms with E-state index in [0.717, 1.165) is 0 Å². The molecule has 0 saturated heterocycles. The van der Waals surface area contributed by atoms with Gasteiger partial charge < -0.3 is 10.4 Å². The Morgan fingerprint density at radius 3 is 2.60 bits per heavy atom. The van der Waals surface area contributed by atoms with Gasteiger partial charge in [0.05, 0.1) is 23.4 Å². The molecule has 0 fully saturated rings. The van der Waals surface area contributed by atoms with E-state index >= 15 is 0 Å². The van der Waals surface area contributed by atoms with E-state index in [0.29, 0.717) is 12.1 Å². The number of hydrogen-bond donors (Lipinski definition) is 2. The molecule has 1 heterocycles. The molecule has 2 rings (SSSR count). The number of halogens is 1. The highest BCUT2D eigenvalue weighted by Crippen LogP contribution is 2.17. The second-order valence-electron chi connectivity index (χ2n) is 6.38. The molecular weight excluding hydrogens is 325 g/mol. The van der Waals surface area contributed by atoms with Crippen molar-refractivity contribution in [3.63, 3.8) is 0 Å². The maximum atomic E-state index is 13.9. The summed E-state index contributed by atoms with van der Waals surface area (Å²) in [5.41, 5.74) is 1.03. The fourth-order valence-corrected chi connectivity index (χ4v) is 2.65. The third-order valence-corrected chi connectivity index (χ3v) is 3.95. The summed E-state index contributed by atoms with van der Waals surface area (Å²) in [6.07, 6.45) is 1.83. The molecule has 0 saturated carbocycles. The zero-order chi connectivity index (χ0) is 18.6. The second-order valence-corrected chi connectivity index (χ2v) is 6.38. The smallest absolute Gasteiger partial charge is 0.308 e. The van der Waals surface area contributed by atoms with E-state index in [9.17, 15) is 19.1 Å². The van der Waals surface area contributed by atoms with Crippen molar-refractivity contribution in [3.8, 4) is 5.69 Å². The highest BCUT2D eigenvalue weighted by molar-refractivity contribution is 5.95. The molecule has 0 bridgehead atoms. The molecule has 1 aromatic heterocycles. The standard InChI is InChI=1S/C18H22FN3O3/c1-11(2)8-13(18(24)25)9-20-17(23)14-10-21-22(12(14)3)16-7-5-4-6-15(16)19/h4-7,10-11,13H,8-9H2,1-3H3,(H,20,23)(H,24,25). The Morgan fingerprint density at radius 2 is 2.00 bits per heavy atom. The van der Waals surface area contributed by atoms with Gasteiger partial charge in [-0.25, -0.2) is 9.07 Å². The van der Waals surface area contributed by atoms with Crippen LogP contribution in [-0.2, 0) is 4.79 Å². The van der Waals surface area contributed by atoms with Gasteiger partial charge in [0.25, 0.3) is 5.91 Å². The zero-order valence-electron chi connectivity index (χ0n) is 14.5. The first-order chi connectivity index (χ1) is 11.8. The van der Waals surface area contributed by atoms with Crippen molar-refractivity contribution in [1.82, 2.24) is 15.1 Å². The van der Waals surface area contributed by atoms with Crippen LogP contribution in [0.25, 0.3) is 5.69 Å². The molecule has 0 aliphatic heterocycles. The van der Waals surface area contributed by atoms with Crippen LogP contribution in [0.2, 0.25) is 0 Å². The van der Waals surface area contributed by atoms with Gasteiger partial charge in [0.1, 0.15) is 11.5 Å². The number of aliphatic carboxylic acids is 1. The quantitative estimate of drug-likeness (QED) is 0.807. The molecule has 7 heteroatoms. The molecular formula is C18H22FN3O3.